The van der Waals surface area contributed by atoms with E-state index < -0.39 is 0 Å². The average Bonchev–Trinajstić information content (AvgIpc) is 4.18. The number of para-hydroxylation sites is 5. The third-order valence-corrected chi connectivity index (χ3v) is 16.6. The number of hydrogen-bond acceptors (Lipinski definition) is 3. The molecule has 6 aromatic heterocycles. The highest BCUT2D eigenvalue weighted by atomic mass is 16.3. The van der Waals surface area contributed by atoms with Gasteiger partial charge < -0.3 is 22.7 Å². The Bertz CT molecular complexity index is 5030. The summed E-state index contributed by atoms with van der Waals surface area (Å²) in [5.41, 5.74) is 19.4. The Hall–Kier alpha value is -10.2. The molecule has 0 fully saturated rings. The van der Waals surface area contributed by atoms with Crippen LogP contribution < -0.4 is 0 Å². The highest BCUT2D eigenvalue weighted by Crippen LogP contribution is 2.54. The molecule has 16 rings (SSSR count). The van der Waals surface area contributed by atoms with Crippen LogP contribution in [0.1, 0.15) is 27.8 Å². The summed E-state index contributed by atoms with van der Waals surface area (Å²) in [7, 11) is 0. The molecule has 7 heteroatoms. The van der Waals surface area contributed by atoms with Crippen molar-refractivity contribution in [3.8, 4) is 39.9 Å². The topological polar surface area (TPSA) is 69.5 Å². The van der Waals surface area contributed by atoms with Crippen molar-refractivity contribution in [1.82, 2.24) is 23.3 Å². The SMILES string of the molecule is Cc1cccc2c1c1ccccc1n2-c1c(C#N)c(-n2c3ccccc3c3c(C)cccc32)c(-n2c3ccccc3c3c(C)cccc32)c(-c2cccc3c2oc2ncccc23)c1-n1c2ccccc2c2c(C)cccc21. The summed E-state index contributed by atoms with van der Waals surface area (Å²) in [4.78, 5) is 4.85. The molecule has 362 valence electrons. The molecule has 16 aromatic rings. The van der Waals surface area contributed by atoms with E-state index in [9.17, 15) is 5.26 Å². The standard InChI is InChI=1S/C70H46N6O/c1-40-19-13-34-56-60(40)46-23-5-9-30-52(46)73(56)65-51(39-71)66(74-53-31-10-6-24-47(53)61-41(2)20-14-35-57(61)74)68(76-55-33-12-8-26-49(55)63-43(4)22-16-37-59(63)76)64(50-28-17-27-44-45-29-18-38-72-70(45)77-69(44)50)67(65)75-54-32-11-7-25-48(54)62-42(3)21-15-36-58(62)75/h5-38H,1-4H3. The summed E-state index contributed by atoms with van der Waals surface area (Å²) < 4.78 is 16.9. The first-order chi connectivity index (χ1) is 37.9. The number of benzene rings is 10. The van der Waals surface area contributed by atoms with Crippen molar-refractivity contribution in [3.05, 3.63) is 234 Å². The van der Waals surface area contributed by atoms with E-state index in [2.05, 4.69) is 246 Å². The normalized spacial score (nSPS) is 12.1. The maximum atomic E-state index is 13.0. The van der Waals surface area contributed by atoms with Crippen LogP contribution in [-0.4, -0.2) is 23.3 Å². The highest BCUT2D eigenvalue weighted by molar-refractivity contribution is 6.20. The molecule has 0 aliphatic heterocycles. The van der Waals surface area contributed by atoms with E-state index in [4.69, 9.17) is 9.40 Å². The van der Waals surface area contributed by atoms with Crippen LogP contribution in [0.25, 0.3) is 143 Å². The van der Waals surface area contributed by atoms with Gasteiger partial charge in [-0.1, -0.05) is 140 Å². The van der Waals surface area contributed by atoms with Crippen molar-refractivity contribution >= 4 is 109 Å². The Morgan fingerprint density at radius 2 is 0.688 bits per heavy atom. The Morgan fingerprint density at radius 1 is 0.351 bits per heavy atom. The van der Waals surface area contributed by atoms with Crippen molar-refractivity contribution in [2.45, 2.75) is 27.7 Å². The van der Waals surface area contributed by atoms with Gasteiger partial charge in [0.15, 0.2) is 0 Å². The van der Waals surface area contributed by atoms with Crippen molar-refractivity contribution in [1.29, 1.82) is 5.26 Å². The van der Waals surface area contributed by atoms with Crippen molar-refractivity contribution < 1.29 is 4.42 Å². The molecule has 10 aromatic carbocycles. The highest BCUT2D eigenvalue weighted by Gasteiger charge is 2.36. The molecule has 7 nitrogen and oxygen atoms in total. The van der Waals surface area contributed by atoms with E-state index in [0.29, 0.717) is 16.9 Å². The first-order valence-electron chi connectivity index (χ1n) is 26.3. The van der Waals surface area contributed by atoms with Gasteiger partial charge >= 0.3 is 0 Å². The molecular weight excluding hydrogens is 941 g/mol. The molecule has 0 unspecified atom stereocenters. The summed E-state index contributed by atoms with van der Waals surface area (Å²) in [6.07, 6.45) is 1.80. The second-order valence-corrected chi connectivity index (χ2v) is 20.7. The zero-order chi connectivity index (χ0) is 51.4. The predicted molar refractivity (Wildman–Crippen MR) is 318 cm³/mol. The molecule has 6 heterocycles. The molecule has 0 saturated carbocycles. The zero-order valence-electron chi connectivity index (χ0n) is 42.7. The van der Waals surface area contributed by atoms with Gasteiger partial charge in [-0.05, 0) is 111 Å². The van der Waals surface area contributed by atoms with Crippen LogP contribution in [0.3, 0.4) is 0 Å². The first-order valence-corrected chi connectivity index (χ1v) is 26.3. The number of rotatable bonds is 5. The lowest BCUT2D eigenvalue weighted by Gasteiger charge is -2.29. The molecule has 0 spiro atoms. The molecule has 0 aliphatic carbocycles. The average molecular weight is 987 g/mol. The molecule has 0 bridgehead atoms. The summed E-state index contributed by atoms with van der Waals surface area (Å²) >= 11 is 0. The van der Waals surface area contributed by atoms with E-state index in [1.54, 1.807) is 6.20 Å². The van der Waals surface area contributed by atoms with Crippen molar-refractivity contribution in [3.63, 3.8) is 0 Å². The monoisotopic (exact) mass is 986 g/mol. The maximum Gasteiger partial charge on any atom is 0.227 e. The van der Waals surface area contributed by atoms with Crippen LogP contribution in [-0.2, 0) is 0 Å². The fraction of sp³-hybridized carbons (Fsp3) is 0.0571. The van der Waals surface area contributed by atoms with Crippen LogP contribution >= 0.6 is 0 Å². The number of nitrogens with zero attached hydrogens (tertiary/aromatic N) is 6. The van der Waals surface area contributed by atoms with Crippen LogP contribution in [0.15, 0.2) is 211 Å². The van der Waals surface area contributed by atoms with Crippen LogP contribution in [0.5, 0.6) is 0 Å². The van der Waals surface area contributed by atoms with Gasteiger partial charge in [-0.15, -0.1) is 0 Å². The number of nitriles is 1. The van der Waals surface area contributed by atoms with E-state index in [-0.39, 0.29) is 0 Å². The Morgan fingerprint density at radius 3 is 1.09 bits per heavy atom. The minimum atomic E-state index is 0.516. The van der Waals surface area contributed by atoms with Gasteiger partial charge in [0, 0.05) is 71.2 Å². The van der Waals surface area contributed by atoms with Crippen LogP contribution in [0.4, 0.5) is 0 Å². The van der Waals surface area contributed by atoms with Gasteiger partial charge in [0.2, 0.25) is 5.71 Å². The Labute approximate surface area is 441 Å². The quantitative estimate of drug-likeness (QED) is 0.172. The molecule has 0 amide bonds. The van der Waals surface area contributed by atoms with Gasteiger partial charge in [-0.2, -0.15) is 5.26 Å². The number of aromatic nitrogens is 5. The van der Waals surface area contributed by atoms with Gasteiger partial charge in [0.1, 0.15) is 17.2 Å². The fourth-order valence-electron chi connectivity index (χ4n) is 13.5. The zero-order valence-corrected chi connectivity index (χ0v) is 42.7. The van der Waals surface area contributed by atoms with Crippen LogP contribution in [0.2, 0.25) is 0 Å². The smallest absolute Gasteiger partial charge is 0.227 e. The second-order valence-electron chi connectivity index (χ2n) is 20.7. The summed E-state index contributed by atoms with van der Waals surface area (Å²) in [6, 6.07) is 75.0. The number of fused-ring (bicyclic) bond motifs is 15. The molecule has 0 aliphatic rings. The number of pyridine rings is 1. The Balaban J connectivity index is 1.31. The summed E-state index contributed by atoms with van der Waals surface area (Å²) in [5.74, 6) is 0. The fourth-order valence-corrected chi connectivity index (χ4v) is 13.5. The van der Waals surface area contributed by atoms with E-state index >= 15 is 0 Å². The second kappa shape index (κ2) is 15.9. The molecule has 77 heavy (non-hydrogen) atoms. The lowest BCUT2D eigenvalue weighted by atomic mass is 9.92. The molecule has 0 atom stereocenters. The number of furan rings is 1. The third-order valence-electron chi connectivity index (χ3n) is 16.6. The van der Waals surface area contributed by atoms with E-state index in [1.807, 2.05) is 6.07 Å². The van der Waals surface area contributed by atoms with Gasteiger partial charge in [0.25, 0.3) is 0 Å². The molecule has 0 saturated heterocycles. The van der Waals surface area contributed by atoms with E-state index in [0.717, 1.165) is 154 Å². The third kappa shape index (κ3) is 5.71. The van der Waals surface area contributed by atoms with Gasteiger partial charge in [0.05, 0.1) is 66.9 Å². The van der Waals surface area contributed by atoms with Crippen molar-refractivity contribution in [2.24, 2.45) is 0 Å². The predicted octanol–water partition coefficient (Wildman–Crippen LogP) is 18.1. The number of aryl methyl sites for hydroxylation is 4. The minimum absolute atomic E-state index is 0.516. The summed E-state index contributed by atoms with van der Waals surface area (Å²) in [6.45, 7) is 8.81. The van der Waals surface area contributed by atoms with Gasteiger partial charge in [-0.25, -0.2) is 4.98 Å². The lowest BCUT2D eigenvalue weighted by Crippen LogP contribution is -2.16. The first kappa shape index (κ1) is 43.3. The maximum absolute atomic E-state index is 13.0. The van der Waals surface area contributed by atoms with E-state index in [1.165, 1.54) is 0 Å². The minimum Gasteiger partial charge on any atom is -0.437 e. The lowest BCUT2D eigenvalue weighted by molar-refractivity contribution is 0.655. The number of hydrogen-bond donors (Lipinski definition) is 0. The molecular formula is C70H46N6O. The largest absolute Gasteiger partial charge is 0.437 e. The molecule has 0 radical (unpaired) electrons. The van der Waals surface area contributed by atoms with Gasteiger partial charge in [-0.3, -0.25) is 0 Å². The van der Waals surface area contributed by atoms with Crippen molar-refractivity contribution in [2.75, 3.05) is 0 Å². The molecule has 0 N–H and O–H groups in total. The van der Waals surface area contributed by atoms with Crippen LogP contribution in [0, 0.1) is 39.0 Å². The summed E-state index contributed by atoms with van der Waals surface area (Å²) in [5, 5.41) is 23.9. The Kier molecular flexibility index (Phi) is 8.95.